The highest BCUT2D eigenvalue weighted by Crippen LogP contribution is 2.24. The van der Waals surface area contributed by atoms with Crippen LogP contribution in [0.25, 0.3) is 4.96 Å². The summed E-state index contributed by atoms with van der Waals surface area (Å²) in [6.45, 7) is 5.83. The maximum atomic E-state index is 12.2. The van der Waals surface area contributed by atoms with Gasteiger partial charge in [-0.15, -0.1) is 5.10 Å². The Balaban J connectivity index is 1.30. The molecule has 1 aromatic carbocycles. The fourth-order valence-electron chi connectivity index (χ4n) is 2.95. The highest BCUT2D eigenvalue weighted by Gasteiger charge is 2.22. The lowest BCUT2D eigenvalue weighted by atomic mass is 10.3. The fraction of sp³-hybridized carbons (Fsp3) is 0.353. The maximum Gasteiger partial charge on any atom is 0.238 e. The summed E-state index contributed by atoms with van der Waals surface area (Å²) in [5.41, 5.74) is 1.83. The number of para-hydroxylation sites is 1. The molecule has 3 heterocycles. The van der Waals surface area contributed by atoms with Crippen LogP contribution in [0.2, 0.25) is 0 Å². The van der Waals surface area contributed by atoms with E-state index >= 15 is 0 Å². The number of hydrogen-bond donors (Lipinski definition) is 1. The first kappa shape index (κ1) is 16.0. The Kier molecular flexibility index (Phi) is 4.37. The molecule has 0 aliphatic carbocycles. The Morgan fingerprint density at radius 3 is 2.68 bits per heavy atom. The van der Waals surface area contributed by atoms with Crippen LogP contribution in [0.5, 0.6) is 0 Å². The van der Waals surface area contributed by atoms with Crippen LogP contribution in [0, 0.1) is 6.92 Å². The van der Waals surface area contributed by atoms with Gasteiger partial charge in [0.15, 0.2) is 0 Å². The summed E-state index contributed by atoms with van der Waals surface area (Å²) in [5.74, 6) is 0.0304. The molecule has 8 heteroatoms. The summed E-state index contributed by atoms with van der Waals surface area (Å²) in [4.78, 5) is 22.0. The van der Waals surface area contributed by atoms with Gasteiger partial charge in [-0.1, -0.05) is 29.5 Å². The van der Waals surface area contributed by atoms with Crippen molar-refractivity contribution >= 4 is 33.0 Å². The van der Waals surface area contributed by atoms with Crippen LogP contribution in [-0.4, -0.2) is 58.1 Å². The zero-order valence-corrected chi connectivity index (χ0v) is 14.9. The Morgan fingerprint density at radius 2 is 1.96 bits per heavy atom. The Morgan fingerprint density at radius 1 is 1.20 bits per heavy atom. The average molecular weight is 356 g/mol. The summed E-state index contributed by atoms with van der Waals surface area (Å²) >= 11 is 1.61. The quantitative estimate of drug-likeness (QED) is 0.773. The molecular formula is C17H20N6OS. The molecule has 7 nitrogen and oxygen atoms in total. The van der Waals surface area contributed by atoms with Crippen molar-refractivity contribution in [2.24, 2.45) is 0 Å². The number of imidazole rings is 1. The number of piperazine rings is 1. The first-order chi connectivity index (χ1) is 12.2. The van der Waals surface area contributed by atoms with Crippen molar-refractivity contribution < 1.29 is 4.79 Å². The van der Waals surface area contributed by atoms with Crippen LogP contribution >= 0.6 is 11.3 Å². The van der Waals surface area contributed by atoms with E-state index in [1.165, 1.54) is 0 Å². The van der Waals surface area contributed by atoms with Gasteiger partial charge in [0.2, 0.25) is 16.0 Å². The summed E-state index contributed by atoms with van der Waals surface area (Å²) < 4.78 is 1.84. The lowest BCUT2D eigenvalue weighted by molar-refractivity contribution is -0.117. The van der Waals surface area contributed by atoms with Gasteiger partial charge in [-0.2, -0.15) is 0 Å². The highest BCUT2D eigenvalue weighted by molar-refractivity contribution is 7.20. The Labute approximate surface area is 149 Å². The van der Waals surface area contributed by atoms with Gasteiger partial charge in [0, 0.05) is 31.9 Å². The van der Waals surface area contributed by atoms with Gasteiger partial charge in [0.25, 0.3) is 0 Å². The molecule has 1 aliphatic rings. The standard InChI is InChI=1S/C17H20N6OS/c1-13-11-23-16(18-13)25-17(20-23)22-9-7-21(8-10-22)12-15(24)19-14-5-3-2-4-6-14/h2-6,11H,7-10,12H2,1H3,(H,19,24). The maximum absolute atomic E-state index is 12.2. The molecular weight excluding hydrogens is 336 g/mol. The second-order valence-electron chi connectivity index (χ2n) is 6.17. The lowest BCUT2D eigenvalue weighted by Gasteiger charge is -2.33. The topological polar surface area (TPSA) is 65.8 Å². The third-order valence-electron chi connectivity index (χ3n) is 4.22. The summed E-state index contributed by atoms with van der Waals surface area (Å²) in [5, 5.41) is 8.53. The van der Waals surface area contributed by atoms with Crippen LogP contribution in [0.15, 0.2) is 36.5 Å². The Bertz CT molecular complexity index is 834. The van der Waals surface area contributed by atoms with Gasteiger partial charge in [-0.3, -0.25) is 9.69 Å². The van der Waals surface area contributed by atoms with Crippen LogP contribution in [0.3, 0.4) is 0 Å². The number of aromatic nitrogens is 3. The number of benzene rings is 1. The number of nitrogens with zero attached hydrogens (tertiary/aromatic N) is 5. The molecule has 1 fully saturated rings. The minimum absolute atomic E-state index is 0.0304. The molecule has 3 aromatic rings. The number of carbonyl (C=O) groups excluding carboxylic acids is 1. The average Bonchev–Trinajstić information content (AvgIpc) is 3.13. The number of hydrogen-bond acceptors (Lipinski definition) is 6. The smallest absolute Gasteiger partial charge is 0.238 e. The normalized spacial score (nSPS) is 15.6. The van der Waals surface area contributed by atoms with E-state index in [4.69, 9.17) is 0 Å². The first-order valence-electron chi connectivity index (χ1n) is 8.32. The van der Waals surface area contributed by atoms with Crippen LogP contribution in [0.4, 0.5) is 10.8 Å². The number of fused-ring (bicyclic) bond motifs is 1. The highest BCUT2D eigenvalue weighted by atomic mass is 32.1. The van der Waals surface area contributed by atoms with Gasteiger partial charge >= 0.3 is 0 Å². The number of nitrogens with one attached hydrogen (secondary N) is 1. The number of amides is 1. The van der Waals surface area contributed by atoms with Crippen molar-refractivity contribution in [3.8, 4) is 0 Å². The third-order valence-corrected chi connectivity index (χ3v) is 5.20. The van der Waals surface area contributed by atoms with Crippen LogP contribution < -0.4 is 10.2 Å². The second kappa shape index (κ2) is 6.81. The molecule has 0 atom stereocenters. The molecule has 4 rings (SSSR count). The summed E-state index contributed by atoms with van der Waals surface area (Å²) in [6, 6.07) is 9.57. The van der Waals surface area contributed by atoms with Crippen molar-refractivity contribution in [2.45, 2.75) is 6.92 Å². The van der Waals surface area contributed by atoms with E-state index in [0.717, 1.165) is 47.7 Å². The monoisotopic (exact) mass is 356 g/mol. The van der Waals surface area contributed by atoms with Gasteiger partial charge in [0.05, 0.1) is 18.4 Å². The van der Waals surface area contributed by atoms with E-state index < -0.39 is 0 Å². The second-order valence-corrected chi connectivity index (χ2v) is 7.11. The first-order valence-corrected chi connectivity index (χ1v) is 9.14. The van der Waals surface area contributed by atoms with E-state index in [0.29, 0.717) is 6.54 Å². The minimum Gasteiger partial charge on any atom is -0.344 e. The molecule has 0 spiro atoms. The van der Waals surface area contributed by atoms with Crippen molar-refractivity contribution in [1.29, 1.82) is 0 Å². The molecule has 130 valence electrons. The zero-order valence-electron chi connectivity index (χ0n) is 14.1. The van der Waals surface area contributed by atoms with Gasteiger partial charge < -0.3 is 10.2 Å². The van der Waals surface area contributed by atoms with Crippen LogP contribution in [0.1, 0.15) is 5.69 Å². The van der Waals surface area contributed by atoms with Crippen molar-refractivity contribution in [3.05, 3.63) is 42.2 Å². The number of carbonyl (C=O) groups is 1. The molecule has 25 heavy (non-hydrogen) atoms. The lowest BCUT2D eigenvalue weighted by Crippen LogP contribution is -2.48. The van der Waals surface area contributed by atoms with Crippen LogP contribution in [-0.2, 0) is 4.79 Å². The molecule has 0 saturated carbocycles. The summed E-state index contributed by atoms with van der Waals surface area (Å²) in [6.07, 6.45) is 1.94. The molecule has 0 unspecified atom stereocenters. The Hall–Kier alpha value is -2.45. The summed E-state index contributed by atoms with van der Waals surface area (Å²) in [7, 11) is 0. The minimum atomic E-state index is 0.0304. The van der Waals surface area contributed by atoms with E-state index in [-0.39, 0.29) is 5.91 Å². The molecule has 1 saturated heterocycles. The zero-order chi connectivity index (χ0) is 17.2. The van der Waals surface area contributed by atoms with Gasteiger partial charge in [-0.05, 0) is 19.1 Å². The number of aryl methyl sites for hydroxylation is 1. The predicted molar refractivity (Wildman–Crippen MR) is 99.3 cm³/mol. The molecule has 1 amide bonds. The number of rotatable bonds is 4. The molecule has 1 N–H and O–H groups in total. The van der Waals surface area contributed by atoms with E-state index in [2.05, 4.69) is 25.2 Å². The number of anilines is 2. The van der Waals surface area contributed by atoms with E-state index in [1.807, 2.05) is 48.0 Å². The van der Waals surface area contributed by atoms with Crippen molar-refractivity contribution in [3.63, 3.8) is 0 Å². The van der Waals surface area contributed by atoms with Gasteiger partial charge in [-0.25, -0.2) is 9.50 Å². The van der Waals surface area contributed by atoms with E-state index in [1.54, 1.807) is 11.3 Å². The SMILES string of the molecule is Cc1cn2nc(N3CCN(CC(=O)Nc4ccccc4)CC3)sc2n1. The molecule has 0 radical (unpaired) electrons. The molecule has 2 aromatic heterocycles. The van der Waals surface area contributed by atoms with E-state index in [9.17, 15) is 4.79 Å². The largest absolute Gasteiger partial charge is 0.344 e. The third kappa shape index (κ3) is 3.64. The molecule has 1 aliphatic heterocycles. The molecule has 0 bridgehead atoms. The van der Waals surface area contributed by atoms with Crippen molar-refractivity contribution in [2.75, 3.05) is 42.9 Å². The van der Waals surface area contributed by atoms with Gasteiger partial charge in [0.1, 0.15) is 0 Å². The predicted octanol–water partition coefficient (Wildman–Crippen LogP) is 1.86. The van der Waals surface area contributed by atoms with Crippen molar-refractivity contribution in [1.82, 2.24) is 19.5 Å². The fourth-order valence-corrected chi connectivity index (χ4v) is 3.93.